The Morgan fingerprint density at radius 1 is 0.811 bits per heavy atom. The Labute approximate surface area is 222 Å². The van der Waals surface area contributed by atoms with Crippen molar-refractivity contribution in [2.45, 2.75) is 17.3 Å². The van der Waals surface area contributed by atoms with Crippen molar-refractivity contribution in [2.75, 3.05) is 22.4 Å². The predicted octanol–water partition coefficient (Wildman–Crippen LogP) is 5.96. The number of sulfonamides is 1. The van der Waals surface area contributed by atoms with Gasteiger partial charge in [0.15, 0.2) is 0 Å². The molecule has 0 aromatic heterocycles. The molecule has 37 heavy (non-hydrogen) atoms. The number of rotatable bonds is 11. The van der Waals surface area contributed by atoms with E-state index in [1.165, 1.54) is 4.90 Å². The smallest absolute Gasteiger partial charge is 0.245 e. The zero-order valence-electron chi connectivity index (χ0n) is 20.4. The topological polar surface area (TPSA) is 75.7 Å². The lowest BCUT2D eigenvalue weighted by Crippen LogP contribution is -2.37. The van der Waals surface area contributed by atoms with Crippen LogP contribution in [0.25, 0.3) is 0 Å². The number of amides is 1. The average molecular weight is 533 g/mol. The van der Waals surface area contributed by atoms with Crippen molar-refractivity contribution in [1.82, 2.24) is 0 Å². The number of anilines is 2. The highest BCUT2D eigenvalue weighted by atomic mass is 32.2. The minimum absolute atomic E-state index is 0.339. The summed E-state index contributed by atoms with van der Waals surface area (Å²) in [7, 11) is -3.68. The van der Waals surface area contributed by atoms with E-state index in [4.69, 9.17) is 4.74 Å². The van der Waals surface area contributed by atoms with E-state index in [1.54, 1.807) is 36.0 Å². The molecule has 4 aromatic carbocycles. The fourth-order valence-corrected chi connectivity index (χ4v) is 5.28. The zero-order chi connectivity index (χ0) is 26.1. The summed E-state index contributed by atoms with van der Waals surface area (Å²) in [4.78, 5) is 13.9. The highest BCUT2D eigenvalue weighted by Crippen LogP contribution is 2.24. The summed E-state index contributed by atoms with van der Waals surface area (Å²) in [6.45, 7) is 0.0662. The van der Waals surface area contributed by atoms with E-state index in [0.29, 0.717) is 23.7 Å². The lowest BCUT2D eigenvalue weighted by atomic mass is 10.2. The zero-order valence-corrected chi connectivity index (χ0v) is 22.0. The third-order valence-corrected chi connectivity index (χ3v) is 7.67. The normalized spacial score (nSPS) is 11.1. The third kappa shape index (κ3) is 8.13. The van der Waals surface area contributed by atoms with Gasteiger partial charge in [0.2, 0.25) is 15.9 Å². The summed E-state index contributed by atoms with van der Waals surface area (Å²) >= 11 is 1.74. The molecule has 0 saturated carbocycles. The molecule has 4 aromatic rings. The van der Waals surface area contributed by atoms with Gasteiger partial charge in [-0.05, 0) is 59.7 Å². The second-order valence-corrected chi connectivity index (χ2v) is 11.3. The lowest BCUT2D eigenvalue weighted by Gasteiger charge is -2.22. The monoisotopic (exact) mass is 532 g/mol. The van der Waals surface area contributed by atoms with Gasteiger partial charge in [-0.25, -0.2) is 8.42 Å². The molecule has 0 bridgehead atoms. The molecule has 0 saturated heterocycles. The highest BCUT2D eigenvalue weighted by Gasteiger charge is 2.21. The first-order chi connectivity index (χ1) is 17.9. The van der Waals surface area contributed by atoms with Gasteiger partial charge in [0.25, 0.3) is 0 Å². The number of nitrogens with one attached hydrogen (secondary N) is 1. The van der Waals surface area contributed by atoms with Crippen LogP contribution in [0.2, 0.25) is 0 Å². The van der Waals surface area contributed by atoms with Crippen LogP contribution in [0, 0.1) is 0 Å². The van der Waals surface area contributed by atoms with Gasteiger partial charge in [0, 0.05) is 16.3 Å². The summed E-state index contributed by atoms with van der Waals surface area (Å²) in [5.74, 6) is 0.989. The molecule has 0 heterocycles. The van der Waals surface area contributed by atoms with E-state index in [9.17, 15) is 13.2 Å². The van der Waals surface area contributed by atoms with Crippen molar-refractivity contribution in [3.05, 3.63) is 120 Å². The predicted molar refractivity (Wildman–Crippen MR) is 150 cm³/mol. The van der Waals surface area contributed by atoms with Crippen molar-refractivity contribution < 1.29 is 17.9 Å². The second kappa shape index (κ2) is 12.5. The number of thioether (sulfide) groups is 1. The van der Waals surface area contributed by atoms with Gasteiger partial charge in [-0.2, -0.15) is 0 Å². The highest BCUT2D eigenvalue weighted by molar-refractivity contribution is 7.98. The number of hydrogen-bond acceptors (Lipinski definition) is 5. The van der Waals surface area contributed by atoms with Crippen molar-refractivity contribution in [3.63, 3.8) is 0 Å². The van der Waals surface area contributed by atoms with E-state index < -0.39 is 15.9 Å². The fraction of sp³-hybridized carbons (Fsp3) is 0.138. The van der Waals surface area contributed by atoms with Gasteiger partial charge in [0.1, 0.15) is 18.9 Å². The number of hydrogen-bond donors (Lipinski definition) is 1. The van der Waals surface area contributed by atoms with Gasteiger partial charge in [0.05, 0.1) is 11.9 Å². The Kier molecular flexibility index (Phi) is 8.87. The van der Waals surface area contributed by atoms with Gasteiger partial charge in [-0.15, -0.1) is 11.8 Å². The molecular weight excluding hydrogens is 504 g/mol. The largest absolute Gasteiger partial charge is 0.489 e. The first-order valence-corrected chi connectivity index (χ1v) is 14.5. The minimum Gasteiger partial charge on any atom is -0.489 e. The van der Waals surface area contributed by atoms with E-state index in [-0.39, 0.29) is 6.54 Å². The Hall–Kier alpha value is -3.75. The molecule has 0 fully saturated rings. The van der Waals surface area contributed by atoms with Crippen molar-refractivity contribution >= 4 is 39.1 Å². The lowest BCUT2D eigenvalue weighted by molar-refractivity contribution is -0.114. The van der Waals surface area contributed by atoms with Crippen LogP contribution in [-0.4, -0.2) is 27.1 Å². The standard InChI is InChI=1S/C29H28N2O4S2/c1-37(33,34)31(26-16-18-27(19-17-26)35-21-23-8-4-2-5-9-23)20-29(32)30-25-14-12-24(13-15-25)22-36-28-10-6-3-7-11-28/h2-19H,20-22H2,1H3,(H,30,32). The fourth-order valence-electron chi connectivity index (χ4n) is 3.55. The van der Waals surface area contributed by atoms with Gasteiger partial charge < -0.3 is 10.1 Å². The molecule has 0 atom stereocenters. The molecule has 8 heteroatoms. The van der Waals surface area contributed by atoms with E-state index in [1.807, 2.05) is 72.8 Å². The van der Waals surface area contributed by atoms with E-state index in [0.717, 1.165) is 27.4 Å². The molecular formula is C29H28N2O4S2. The Morgan fingerprint density at radius 2 is 1.43 bits per heavy atom. The number of carbonyl (C=O) groups excluding carboxylic acids is 1. The molecule has 1 N–H and O–H groups in total. The van der Waals surface area contributed by atoms with Crippen LogP contribution in [0.15, 0.2) is 114 Å². The van der Waals surface area contributed by atoms with Crippen LogP contribution in [0.1, 0.15) is 11.1 Å². The van der Waals surface area contributed by atoms with E-state index in [2.05, 4.69) is 17.4 Å². The maximum Gasteiger partial charge on any atom is 0.245 e. The molecule has 0 aliphatic rings. The van der Waals surface area contributed by atoms with Crippen molar-refractivity contribution in [3.8, 4) is 5.75 Å². The van der Waals surface area contributed by atoms with Crippen LogP contribution < -0.4 is 14.4 Å². The molecule has 0 radical (unpaired) electrons. The summed E-state index contributed by atoms with van der Waals surface area (Å²) in [6.07, 6.45) is 1.08. The van der Waals surface area contributed by atoms with Crippen LogP contribution in [0.3, 0.4) is 0 Å². The Bertz CT molecular complexity index is 1390. The molecule has 6 nitrogen and oxygen atoms in total. The Balaban J connectivity index is 1.34. The summed E-state index contributed by atoms with van der Waals surface area (Å²) < 4.78 is 31.8. The molecule has 0 unspecified atom stereocenters. The van der Waals surface area contributed by atoms with Crippen LogP contribution in [0.4, 0.5) is 11.4 Å². The quantitative estimate of drug-likeness (QED) is 0.241. The van der Waals surface area contributed by atoms with Gasteiger partial charge in [-0.3, -0.25) is 9.10 Å². The van der Waals surface area contributed by atoms with Gasteiger partial charge >= 0.3 is 0 Å². The van der Waals surface area contributed by atoms with Gasteiger partial charge in [-0.1, -0.05) is 60.7 Å². The summed E-state index contributed by atoms with van der Waals surface area (Å²) in [5.41, 5.74) is 3.15. The SMILES string of the molecule is CS(=O)(=O)N(CC(=O)Nc1ccc(CSc2ccccc2)cc1)c1ccc(OCc2ccccc2)cc1. The second-order valence-electron chi connectivity index (χ2n) is 8.38. The maximum absolute atomic E-state index is 12.7. The maximum atomic E-state index is 12.7. The Morgan fingerprint density at radius 3 is 2.05 bits per heavy atom. The first-order valence-electron chi connectivity index (χ1n) is 11.7. The minimum atomic E-state index is -3.68. The van der Waals surface area contributed by atoms with Crippen LogP contribution in [-0.2, 0) is 27.2 Å². The first kappa shape index (κ1) is 26.3. The van der Waals surface area contributed by atoms with Crippen molar-refractivity contribution in [2.24, 2.45) is 0 Å². The van der Waals surface area contributed by atoms with E-state index >= 15 is 0 Å². The molecule has 4 rings (SSSR count). The van der Waals surface area contributed by atoms with Crippen LogP contribution in [0.5, 0.6) is 5.75 Å². The number of ether oxygens (including phenoxy) is 1. The summed E-state index contributed by atoms with van der Waals surface area (Å²) in [6, 6.07) is 34.1. The number of benzene rings is 4. The average Bonchev–Trinajstić information content (AvgIpc) is 2.91. The van der Waals surface area contributed by atoms with Crippen molar-refractivity contribution in [1.29, 1.82) is 0 Å². The summed E-state index contributed by atoms with van der Waals surface area (Å²) in [5, 5.41) is 2.79. The molecule has 190 valence electrons. The number of nitrogens with zero attached hydrogens (tertiary/aromatic N) is 1. The molecule has 0 aliphatic carbocycles. The van der Waals surface area contributed by atoms with Crippen LogP contribution >= 0.6 is 11.8 Å². The molecule has 0 aliphatic heterocycles. The number of carbonyl (C=O) groups is 1. The molecule has 0 spiro atoms. The third-order valence-electron chi connectivity index (χ3n) is 5.45. The molecule has 1 amide bonds.